The Morgan fingerprint density at radius 3 is 2.35 bits per heavy atom. The third-order valence-electron chi connectivity index (χ3n) is 5.02. The van der Waals surface area contributed by atoms with Crippen LogP contribution in [0.3, 0.4) is 0 Å². The average Bonchev–Trinajstić information content (AvgIpc) is 2.76. The van der Waals surface area contributed by atoms with Gasteiger partial charge >= 0.3 is 0 Å². The lowest BCUT2D eigenvalue weighted by Crippen LogP contribution is -2.17. The first-order valence-corrected chi connectivity index (χ1v) is 11.9. The Kier molecular flexibility index (Phi) is 6.56. The lowest BCUT2D eigenvalue weighted by atomic mass is 10.1. The van der Waals surface area contributed by atoms with Crippen molar-refractivity contribution in [3.05, 3.63) is 107 Å². The van der Waals surface area contributed by atoms with Crippen LogP contribution in [-0.4, -0.2) is 15.0 Å². The molecule has 0 aliphatic heterocycles. The van der Waals surface area contributed by atoms with E-state index < -0.39 is 10.0 Å². The fourth-order valence-electron chi connectivity index (χ4n) is 3.45. The Bertz CT molecular complexity index is 1310. The zero-order valence-corrected chi connectivity index (χ0v) is 18.5. The Labute approximate surface area is 187 Å². The second kappa shape index (κ2) is 9.52. The molecule has 0 saturated carbocycles. The molecule has 0 radical (unpaired) electrons. The lowest BCUT2D eigenvalue weighted by Gasteiger charge is -2.11. The van der Waals surface area contributed by atoms with Gasteiger partial charge in [-0.15, -0.1) is 0 Å². The summed E-state index contributed by atoms with van der Waals surface area (Å²) in [6.45, 7) is 1.44. The number of halogens is 1. The van der Waals surface area contributed by atoms with Crippen molar-refractivity contribution >= 4 is 38.1 Å². The number of nitrogens with one attached hydrogen (secondary N) is 2. The Morgan fingerprint density at radius 2 is 1.52 bits per heavy atom. The van der Waals surface area contributed by atoms with E-state index in [4.69, 9.17) is 11.6 Å². The molecule has 4 aromatic carbocycles. The van der Waals surface area contributed by atoms with E-state index >= 15 is 0 Å². The third-order valence-corrected chi connectivity index (χ3v) is 6.63. The average molecular weight is 451 g/mol. The maximum Gasteiger partial charge on any atom is 0.261 e. The SMILES string of the molecule is O=S(=O)(Nc1cccc(CNCCc2cccc(Cl)c2)c1)c1ccc2ccccc2c1. The maximum atomic E-state index is 12.9. The van der Waals surface area contributed by atoms with Crippen LogP contribution in [0.5, 0.6) is 0 Å². The molecule has 0 amide bonds. The van der Waals surface area contributed by atoms with E-state index in [0.717, 1.165) is 34.3 Å². The molecule has 31 heavy (non-hydrogen) atoms. The van der Waals surface area contributed by atoms with Crippen LogP contribution in [0.1, 0.15) is 11.1 Å². The quantitative estimate of drug-likeness (QED) is 0.342. The third kappa shape index (κ3) is 5.64. The fourth-order valence-corrected chi connectivity index (χ4v) is 4.75. The van der Waals surface area contributed by atoms with Gasteiger partial charge in [-0.2, -0.15) is 0 Å². The standard InChI is InChI=1S/C25H23ClN2O2S/c26-23-9-3-5-19(15-23)13-14-27-18-20-6-4-10-24(16-20)28-31(29,30)25-12-11-21-7-1-2-8-22(21)17-25/h1-12,15-17,27-28H,13-14,18H2. The first-order valence-electron chi connectivity index (χ1n) is 10.1. The molecule has 4 rings (SSSR count). The number of hydrogen-bond acceptors (Lipinski definition) is 3. The van der Waals surface area contributed by atoms with Gasteiger partial charge in [-0.25, -0.2) is 8.42 Å². The molecule has 0 aliphatic carbocycles. The number of benzene rings is 4. The summed E-state index contributed by atoms with van der Waals surface area (Å²) in [6.07, 6.45) is 0.870. The van der Waals surface area contributed by atoms with E-state index in [0.29, 0.717) is 12.2 Å². The summed E-state index contributed by atoms with van der Waals surface area (Å²) in [4.78, 5) is 0.247. The van der Waals surface area contributed by atoms with Crippen LogP contribution < -0.4 is 10.0 Å². The van der Waals surface area contributed by atoms with E-state index in [9.17, 15) is 8.42 Å². The van der Waals surface area contributed by atoms with Crippen molar-refractivity contribution in [2.24, 2.45) is 0 Å². The highest BCUT2D eigenvalue weighted by Crippen LogP contribution is 2.22. The highest BCUT2D eigenvalue weighted by atomic mass is 35.5. The molecule has 0 aliphatic rings. The predicted octanol–water partition coefficient (Wildman–Crippen LogP) is 5.63. The molecule has 0 spiro atoms. The molecular formula is C25H23ClN2O2S. The van der Waals surface area contributed by atoms with Gasteiger partial charge in [-0.3, -0.25) is 4.72 Å². The van der Waals surface area contributed by atoms with Crippen LogP contribution >= 0.6 is 11.6 Å². The smallest absolute Gasteiger partial charge is 0.261 e. The van der Waals surface area contributed by atoms with Gasteiger partial charge in [-0.05, 0) is 71.3 Å². The summed E-state index contributed by atoms with van der Waals surface area (Å²) in [6, 6.07) is 28.1. The zero-order chi connectivity index (χ0) is 21.7. The minimum Gasteiger partial charge on any atom is -0.312 e. The van der Waals surface area contributed by atoms with Crippen molar-refractivity contribution in [2.75, 3.05) is 11.3 Å². The van der Waals surface area contributed by atoms with Crippen molar-refractivity contribution in [1.82, 2.24) is 5.32 Å². The van der Waals surface area contributed by atoms with E-state index in [1.54, 1.807) is 18.2 Å². The number of anilines is 1. The molecule has 4 aromatic rings. The summed E-state index contributed by atoms with van der Waals surface area (Å²) in [7, 11) is -3.67. The zero-order valence-electron chi connectivity index (χ0n) is 16.9. The van der Waals surface area contributed by atoms with Gasteiger partial charge in [0.25, 0.3) is 10.0 Å². The molecule has 2 N–H and O–H groups in total. The lowest BCUT2D eigenvalue weighted by molar-refractivity contribution is 0.601. The molecule has 0 atom stereocenters. The number of rotatable bonds is 8. The van der Waals surface area contributed by atoms with E-state index in [-0.39, 0.29) is 4.90 Å². The summed E-state index contributed by atoms with van der Waals surface area (Å²) in [5.74, 6) is 0. The minimum atomic E-state index is -3.67. The van der Waals surface area contributed by atoms with Gasteiger partial charge in [0.2, 0.25) is 0 Å². The molecule has 158 valence electrons. The van der Waals surface area contributed by atoms with Gasteiger partial charge in [0.15, 0.2) is 0 Å². The van der Waals surface area contributed by atoms with Crippen LogP contribution in [-0.2, 0) is 23.0 Å². The molecule has 0 bridgehead atoms. The highest BCUT2D eigenvalue weighted by molar-refractivity contribution is 7.92. The summed E-state index contributed by atoms with van der Waals surface area (Å²) < 4.78 is 28.4. The molecule has 0 heterocycles. The maximum absolute atomic E-state index is 12.9. The number of hydrogen-bond donors (Lipinski definition) is 2. The Morgan fingerprint density at radius 1 is 0.742 bits per heavy atom. The van der Waals surface area contributed by atoms with Crippen LogP contribution in [0.25, 0.3) is 10.8 Å². The number of sulfonamides is 1. The normalized spacial score (nSPS) is 11.5. The molecule has 6 heteroatoms. The summed E-state index contributed by atoms with van der Waals surface area (Å²) in [5.41, 5.74) is 2.73. The van der Waals surface area contributed by atoms with E-state index in [1.165, 1.54) is 5.56 Å². The van der Waals surface area contributed by atoms with Crippen LogP contribution in [0.4, 0.5) is 5.69 Å². The summed E-state index contributed by atoms with van der Waals surface area (Å²) >= 11 is 6.02. The summed E-state index contributed by atoms with van der Waals surface area (Å²) in [5, 5.41) is 6.03. The van der Waals surface area contributed by atoms with Crippen molar-refractivity contribution < 1.29 is 8.42 Å². The van der Waals surface area contributed by atoms with Crippen LogP contribution in [0.15, 0.2) is 95.9 Å². The molecule has 0 unspecified atom stereocenters. The van der Waals surface area contributed by atoms with Gasteiger partial charge in [0.05, 0.1) is 4.90 Å². The van der Waals surface area contributed by atoms with E-state index in [1.807, 2.05) is 66.7 Å². The monoisotopic (exact) mass is 450 g/mol. The fraction of sp³-hybridized carbons (Fsp3) is 0.120. The molecule has 0 aromatic heterocycles. The number of fused-ring (bicyclic) bond motifs is 1. The molecule has 4 nitrogen and oxygen atoms in total. The first kappa shape index (κ1) is 21.4. The first-order chi connectivity index (χ1) is 15.0. The van der Waals surface area contributed by atoms with Crippen LogP contribution in [0.2, 0.25) is 5.02 Å². The molecular weight excluding hydrogens is 428 g/mol. The molecule has 0 saturated heterocycles. The van der Waals surface area contributed by atoms with Gasteiger partial charge in [0, 0.05) is 17.3 Å². The van der Waals surface area contributed by atoms with Crippen LogP contribution in [0, 0.1) is 0 Å². The van der Waals surface area contributed by atoms with Gasteiger partial charge in [0.1, 0.15) is 0 Å². The molecule has 0 fully saturated rings. The second-order valence-electron chi connectivity index (χ2n) is 7.37. The topological polar surface area (TPSA) is 58.2 Å². The van der Waals surface area contributed by atoms with Crippen molar-refractivity contribution in [2.45, 2.75) is 17.9 Å². The predicted molar refractivity (Wildman–Crippen MR) is 128 cm³/mol. The second-order valence-corrected chi connectivity index (χ2v) is 9.49. The van der Waals surface area contributed by atoms with E-state index in [2.05, 4.69) is 16.1 Å². The van der Waals surface area contributed by atoms with Crippen molar-refractivity contribution in [1.29, 1.82) is 0 Å². The van der Waals surface area contributed by atoms with Gasteiger partial charge < -0.3 is 5.32 Å². The Balaban J connectivity index is 1.39. The largest absolute Gasteiger partial charge is 0.312 e. The van der Waals surface area contributed by atoms with Crippen molar-refractivity contribution in [3.8, 4) is 0 Å². The Hall–Kier alpha value is -2.86. The highest BCUT2D eigenvalue weighted by Gasteiger charge is 2.14. The minimum absolute atomic E-state index is 0.247. The van der Waals surface area contributed by atoms with Crippen molar-refractivity contribution in [3.63, 3.8) is 0 Å². The van der Waals surface area contributed by atoms with Gasteiger partial charge in [-0.1, -0.05) is 66.2 Å².